The summed E-state index contributed by atoms with van der Waals surface area (Å²) in [4.78, 5) is 3.98. The lowest BCUT2D eigenvalue weighted by molar-refractivity contribution is -0.274. The zero-order valence-corrected chi connectivity index (χ0v) is 10.1. The molecule has 0 radical (unpaired) electrons. The van der Waals surface area contributed by atoms with Crippen LogP contribution in [-0.2, 0) is 6.61 Å². The average Bonchev–Trinajstić information content (AvgIpc) is 2.40. The SMILES string of the molecule is OCc1cccc(Oc2ccc(OC(F)(F)F)cc2)n1. The summed E-state index contributed by atoms with van der Waals surface area (Å²) in [5.74, 6) is 0.213. The van der Waals surface area contributed by atoms with Gasteiger partial charge in [0, 0.05) is 6.07 Å². The molecule has 20 heavy (non-hydrogen) atoms. The van der Waals surface area contributed by atoms with Crippen molar-refractivity contribution in [2.75, 3.05) is 0 Å². The third-order valence-corrected chi connectivity index (χ3v) is 2.22. The highest BCUT2D eigenvalue weighted by molar-refractivity contribution is 5.33. The predicted molar refractivity (Wildman–Crippen MR) is 63.4 cm³/mol. The van der Waals surface area contributed by atoms with E-state index in [1.165, 1.54) is 12.1 Å². The minimum absolute atomic E-state index is 0.227. The molecule has 1 N–H and O–H groups in total. The molecule has 106 valence electrons. The summed E-state index contributed by atoms with van der Waals surface area (Å²) >= 11 is 0. The molecule has 0 aliphatic rings. The van der Waals surface area contributed by atoms with E-state index < -0.39 is 6.36 Å². The number of nitrogens with zero attached hydrogens (tertiary/aromatic N) is 1. The normalized spacial score (nSPS) is 11.2. The minimum Gasteiger partial charge on any atom is -0.439 e. The molecule has 7 heteroatoms. The zero-order valence-electron chi connectivity index (χ0n) is 10.1. The van der Waals surface area contributed by atoms with Crippen LogP contribution >= 0.6 is 0 Å². The van der Waals surface area contributed by atoms with Gasteiger partial charge in [0.15, 0.2) is 0 Å². The van der Waals surface area contributed by atoms with Crippen LogP contribution in [0.1, 0.15) is 5.69 Å². The van der Waals surface area contributed by atoms with Crippen molar-refractivity contribution < 1.29 is 27.8 Å². The average molecular weight is 285 g/mol. The van der Waals surface area contributed by atoms with Gasteiger partial charge in [-0.25, -0.2) is 4.98 Å². The highest BCUT2D eigenvalue weighted by Crippen LogP contribution is 2.26. The first kappa shape index (κ1) is 14.1. The number of pyridine rings is 1. The van der Waals surface area contributed by atoms with Crippen LogP contribution in [-0.4, -0.2) is 16.5 Å². The Morgan fingerprint density at radius 1 is 1.00 bits per heavy atom. The van der Waals surface area contributed by atoms with Gasteiger partial charge in [-0.05, 0) is 30.3 Å². The standard InChI is InChI=1S/C13H10F3NO3/c14-13(15,16)20-11-6-4-10(5-7-11)19-12-3-1-2-9(8-18)17-12/h1-7,18H,8H2. The second-order valence-electron chi connectivity index (χ2n) is 3.75. The van der Waals surface area contributed by atoms with Crippen LogP contribution in [0.2, 0.25) is 0 Å². The Morgan fingerprint density at radius 2 is 1.65 bits per heavy atom. The van der Waals surface area contributed by atoms with Gasteiger partial charge in [0.25, 0.3) is 0 Å². The van der Waals surface area contributed by atoms with Gasteiger partial charge >= 0.3 is 6.36 Å². The van der Waals surface area contributed by atoms with Gasteiger partial charge < -0.3 is 14.6 Å². The number of benzene rings is 1. The van der Waals surface area contributed by atoms with E-state index in [2.05, 4.69) is 9.72 Å². The fraction of sp³-hybridized carbons (Fsp3) is 0.154. The third-order valence-electron chi connectivity index (χ3n) is 2.22. The van der Waals surface area contributed by atoms with Crippen LogP contribution in [0.4, 0.5) is 13.2 Å². The first-order chi connectivity index (χ1) is 9.46. The van der Waals surface area contributed by atoms with Gasteiger partial charge in [-0.1, -0.05) is 6.07 Å². The zero-order chi connectivity index (χ0) is 14.6. The highest BCUT2D eigenvalue weighted by atomic mass is 19.4. The number of rotatable bonds is 4. The number of aromatic nitrogens is 1. The molecular weight excluding hydrogens is 275 g/mol. The largest absolute Gasteiger partial charge is 0.573 e. The summed E-state index contributed by atoms with van der Waals surface area (Å²) in [5, 5.41) is 8.93. The number of aliphatic hydroxyl groups is 1. The van der Waals surface area contributed by atoms with Crippen molar-refractivity contribution in [3.63, 3.8) is 0 Å². The number of hydrogen-bond donors (Lipinski definition) is 1. The number of ether oxygens (including phenoxy) is 2. The molecule has 0 fully saturated rings. The van der Waals surface area contributed by atoms with E-state index in [1.54, 1.807) is 18.2 Å². The van der Waals surface area contributed by atoms with Crippen molar-refractivity contribution in [1.82, 2.24) is 4.98 Å². The lowest BCUT2D eigenvalue weighted by Gasteiger charge is -2.09. The molecule has 0 aliphatic heterocycles. The smallest absolute Gasteiger partial charge is 0.439 e. The van der Waals surface area contributed by atoms with Gasteiger partial charge in [-0.15, -0.1) is 13.2 Å². The summed E-state index contributed by atoms with van der Waals surface area (Å²) in [6.07, 6.45) is -4.72. The summed E-state index contributed by atoms with van der Waals surface area (Å²) in [6.45, 7) is -0.227. The van der Waals surface area contributed by atoms with E-state index in [4.69, 9.17) is 9.84 Å². The van der Waals surface area contributed by atoms with Crippen molar-refractivity contribution in [2.45, 2.75) is 13.0 Å². The molecule has 0 amide bonds. The molecule has 1 aromatic carbocycles. The maximum absolute atomic E-state index is 12.0. The van der Waals surface area contributed by atoms with E-state index in [1.807, 2.05) is 0 Å². The summed E-state index contributed by atoms with van der Waals surface area (Å²) in [7, 11) is 0. The first-order valence-electron chi connectivity index (χ1n) is 5.57. The van der Waals surface area contributed by atoms with Crippen molar-refractivity contribution in [1.29, 1.82) is 0 Å². The molecule has 0 atom stereocenters. The summed E-state index contributed by atoms with van der Waals surface area (Å²) in [6, 6.07) is 9.77. The molecule has 0 unspecified atom stereocenters. The van der Waals surface area contributed by atoms with Gasteiger partial charge in [0.2, 0.25) is 5.88 Å². The van der Waals surface area contributed by atoms with E-state index in [9.17, 15) is 13.2 Å². The van der Waals surface area contributed by atoms with Gasteiger partial charge in [-0.3, -0.25) is 0 Å². The van der Waals surface area contributed by atoms with Crippen molar-refractivity contribution in [3.05, 3.63) is 48.2 Å². The molecule has 2 aromatic rings. The van der Waals surface area contributed by atoms with Gasteiger partial charge in [0.1, 0.15) is 11.5 Å². The monoisotopic (exact) mass is 285 g/mol. The highest BCUT2D eigenvalue weighted by Gasteiger charge is 2.30. The van der Waals surface area contributed by atoms with E-state index in [0.29, 0.717) is 11.4 Å². The molecule has 0 saturated heterocycles. The minimum atomic E-state index is -4.72. The Hall–Kier alpha value is -2.28. The van der Waals surface area contributed by atoms with Crippen LogP contribution in [0.5, 0.6) is 17.4 Å². The lowest BCUT2D eigenvalue weighted by atomic mass is 10.3. The second-order valence-corrected chi connectivity index (χ2v) is 3.75. The van der Waals surface area contributed by atoms with E-state index in [-0.39, 0.29) is 18.2 Å². The molecule has 0 saturated carbocycles. The number of hydrogen-bond acceptors (Lipinski definition) is 4. The molecule has 4 nitrogen and oxygen atoms in total. The van der Waals surface area contributed by atoms with Gasteiger partial charge in [0.05, 0.1) is 12.3 Å². The van der Waals surface area contributed by atoms with Crippen LogP contribution in [0.15, 0.2) is 42.5 Å². The first-order valence-corrected chi connectivity index (χ1v) is 5.57. The molecule has 1 aromatic heterocycles. The van der Waals surface area contributed by atoms with Crippen molar-refractivity contribution in [3.8, 4) is 17.4 Å². The third kappa shape index (κ3) is 4.13. The summed E-state index contributed by atoms with van der Waals surface area (Å²) in [5.41, 5.74) is 0.430. The van der Waals surface area contributed by atoms with Crippen LogP contribution in [0.3, 0.4) is 0 Å². The second kappa shape index (κ2) is 5.79. The Balaban J connectivity index is 2.06. The van der Waals surface area contributed by atoms with E-state index in [0.717, 1.165) is 12.1 Å². The Morgan fingerprint density at radius 3 is 2.25 bits per heavy atom. The maximum atomic E-state index is 12.0. The Kier molecular flexibility index (Phi) is 4.09. The molecule has 0 bridgehead atoms. The predicted octanol–water partition coefficient (Wildman–Crippen LogP) is 3.26. The fourth-order valence-electron chi connectivity index (χ4n) is 1.43. The lowest BCUT2D eigenvalue weighted by Crippen LogP contribution is -2.16. The topological polar surface area (TPSA) is 51.6 Å². The maximum Gasteiger partial charge on any atom is 0.573 e. The van der Waals surface area contributed by atoms with Crippen molar-refractivity contribution >= 4 is 0 Å². The Bertz CT molecular complexity index is 570. The number of alkyl halides is 3. The Labute approximate surface area is 112 Å². The van der Waals surface area contributed by atoms with Gasteiger partial charge in [-0.2, -0.15) is 0 Å². The van der Waals surface area contributed by atoms with Crippen LogP contribution in [0.25, 0.3) is 0 Å². The molecule has 0 spiro atoms. The van der Waals surface area contributed by atoms with Crippen molar-refractivity contribution in [2.24, 2.45) is 0 Å². The molecule has 2 rings (SSSR count). The fourth-order valence-corrected chi connectivity index (χ4v) is 1.43. The number of halogens is 3. The van der Waals surface area contributed by atoms with Crippen LogP contribution < -0.4 is 9.47 Å². The van der Waals surface area contributed by atoms with E-state index >= 15 is 0 Å². The number of aliphatic hydroxyl groups excluding tert-OH is 1. The molecular formula is C13H10F3NO3. The summed E-state index contributed by atoms with van der Waals surface area (Å²) < 4.78 is 45.0. The quantitative estimate of drug-likeness (QED) is 0.936. The molecule has 0 aliphatic carbocycles. The van der Waals surface area contributed by atoms with Crippen LogP contribution in [0, 0.1) is 0 Å². The molecule has 1 heterocycles.